The van der Waals surface area contributed by atoms with E-state index in [2.05, 4.69) is 9.72 Å². The topological polar surface area (TPSA) is 68.7 Å². The molecule has 0 radical (unpaired) electrons. The van der Waals surface area contributed by atoms with Gasteiger partial charge < -0.3 is 14.6 Å². The molecule has 0 saturated carbocycles. The number of methoxy groups -OCH3 is 1. The smallest absolute Gasteiger partial charge is 0.496 e. The lowest BCUT2D eigenvalue weighted by Gasteiger charge is -2.08. The minimum Gasteiger partial charge on any atom is -0.496 e. The molecule has 0 atom stereocenters. The minimum atomic E-state index is -1.37. The Morgan fingerprint density at radius 1 is 1.71 bits per heavy atom. The van der Waals surface area contributed by atoms with Crippen molar-refractivity contribution in [2.75, 3.05) is 7.11 Å². The zero-order valence-corrected chi connectivity index (χ0v) is 8.11. The van der Waals surface area contributed by atoms with Gasteiger partial charge in [0, 0.05) is 6.20 Å². The highest BCUT2D eigenvalue weighted by atomic mass is 35.5. The van der Waals surface area contributed by atoms with Crippen LogP contribution in [0.15, 0.2) is 12.3 Å². The molecule has 1 N–H and O–H groups in total. The van der Waals surface area contributed by atoms with E-state index >= 15 is 0 Å². The summed E-state index contributed by atoms with van der Waals surface area (Å²) in [4.78, 5) is 13.9. The molecule has 0 spiro atoms. The number of hydrogen-bond acceptors (Lipinski definition) is 4. The molecule has 0 aliphatic heterocycles. The van der Waals surface area contributed by atoms with Gasteiger partial charge in [0.1, 0.15) is 17.5 Å². The second-order valence-corrected chi connectivity index (χ2v) is 2.70. The van der Waals surface area contributed by atoms with E-state index in [1.807, 2.05) is 0 Å². The Balaban J connectivity index is 2.87. The van der Waals surface area contributed by atoms with Gasteiger partial charge in [-0.25, -0.2) is 9.78 Å². The van der Waals surface area contributed by atoms with Crippen molar-refractivity contribution in [3.05, 3.63) is 23.0 Å². The molecule has 6 heteroatoms. The van der Waals surface area contributed by atoms with Crippen LogP contribution in [0.5, 0.6) is 5.75 Å². The normalized spacial score (nSPS) is 9.57. The zero-order chi connectivity index (χ0) is 10.6. The predicted octanol–water partition coefficient (Wildman–Crippen LogP) is 1.94. The van der Waals surface area contributed by atoms with Crippen molar-refractivity contribution >= 4 is 17.8 Å². The molecule has 1 rings (SSSR count). The van der Waals surface area contributed by atoms with Gasteiger partial charge in [0.2, 0.25) is 0 Å². The summed E-state index contributed by atoms with van der Waals surface area (Å²) in [6.07, 6.45) is 0.0952. The van der Waals surface area contributed by atoms with E-state index in [9.17, 15) is 4.79 Å². The fourth-order valence-corrected chi connectivity index (χ4v) is 1.11. The van der Waals surface area contributed by atoms with E-state index in [0.717, 1.165) is 0 Å². The van der Waals surface area contributed by atoms with Crippen LogP contribution in [-0.4, -0.2) is 23.4 Å². The van der Waals surface area contributed by atoms with Crippen LogP contribution < -0.4 is 4.74 Å². The number of rotatable bonds is 3. The molecule has 1 aromatic rings. The number of halogens is 1. The summed E-state index contributed by atoms with van der Waals surface area (Å²) in [5, 5.41) is 8.47. The van der Waals surface area contributed by atoms with Crippen LogP contribution in [0, 0.1) is 0 Å². The van der Waals surface area contributed by atoms with Crippen molar-refractivity contribution in [1.29, 1.82) is 0 Å². The van der Waals surface area contributed by atoms with Crippen molar-refractivity contribution in [3.63, 3.8) is 0 Å². The largest absolute Gasteiger partial charge is 0.506 e. The first-order valence-electron chi connectivity index (χ1n) is 3.68. The van der Waals surface area contributed by atoms with Gasteiger partial charge in [-0.1, -0.05) is 11.6 Å². The Morgan fingerprint density at radius 3 is 3.00 bits per heavy atom. The van der Waals surface area contributed by atoms with E-state index < -0.39 is 6.16 Å². The summed E-state index contributed by atoms with van der Waals surface area (Å²) in [5.74, 6) is 0.450. The molecule has 0 aliphatic rings. The Bertz CT molecular complexity index is 342. The van der Waals surface area contributed by atoms with Gasteiger partial charge in [0.25, 0.3) is 0 Å². The number of hydrogen-bond donors (Lipinski definition) is 1. The van der Waals surface area contributed by atoms with Gasteiger partial charge in [-0.2, -0.15) is 0 Å². The number of ether oxygens (including phenoxy) is 2. The molecule has 5 nitrogen and oxygen atoms in total. The van der Waals surface area contributed by atoms with Crippen molar-refractivity contribution in [1.82, 2.24) is 4.98 Å². The van der Waals surface area contributed by atoms with E-state index in [-0.39, 0.29) is 11.8 Å². The highest BCUT2D eigenvalue weighted by Crippen LogP contribution is 2.24. The first-order chi connectivity index (χ1) is 6.65. The molecular weight excluding hydrogens is 210 g/mol. The van der Waals surface area contributed by atoms with Crippen molar-refractivity contribution < 1.29 is 19.4 Å². The molecule has 0 aromatic carbocycles. The molecule has 0 bridgehead atoms. The van der Waals surface area contributed by atoms with Crippen LogP contribution in [0.2, 0.25) is 5.15 Å². The first-order valence-corrected chi connectivity index (χ1v) is 4.06. The maximum atomic E-state index is 10.2. The quantitative estimate of drug-likeness (QED) is 0.619. The zero-order valence-electron chi connectivity index (χ0n) is 7.36. The molecule has 14 heavy (non-hydrogen) atoms. The number of carbonyl (C=O) groups is 1. The Morgan fingerprint density at radius 2 is 2.43 bits per heavy atom. The maximum Gasteiger partial charge on any atom is 0.506 e. The van der Waals surface area contributed by atoms with Crippen LogP contribution in [0.1, 0.15) is 5.56 Å². The fourth-order valence-electron chi connectivity index (χ4n) is 0.906. The summed E-state index contributed by atoms with van der Waals surface area (Å²) in [5.41, 5.74) is 0.416. The minimum absolute atomic E-state index is 0.172. The highest BCUT2D eigenvalue weighted by Gasteiger charge is 2.10. The molecular formula is C8H8ClNO4. The van der Waals surface area contributed by atoms with Crippen LogP contribution in [0.25, 0.3) is 0 Å². The highest BCUT2D eigenvalue weighted by molar-refractivity contribution is 6.30. The standard InChI is InChI=1S/C8H8ClNO4/c1-13-6-2-3-10-7(9)5(6)4-14-8(11)12/h2-3H,4H2,1H3,(H,11,12). The molecule has 76 valence electrons. The summed E-state index contributed by atoms with van der Waals surface area (Å²) in [6, 6.07) is 1.58. The molecule has 1 heterocycles. The fraction of sp³-hybridized carbons (Fsp3) is 0.250. The number of pyridine rings is 1. The number of aromatic nitrogens is 1. The van der Waals surface area contributed by atoms with Gasteiger partial charge in [-0.15, -0.1) is 0 Å². The summed E-state index contributed by atoms with van der Waals surface area (Å²) < 4.78 is 9.32. The van der Waals surface area contributed by atoms with E-state index in [4.69, 9.17) is 21.4 Å². The molecule has 0 amide bonds. The van der Waals surface area contributed by atoms with Crippen LogP contribution in [0.3, 0.4) is 0 Å². The molecule has 0 saturated heterocycles. The molecule has 1 aromatic heterocycles. The van der Waals surface area contributed by atoms with Crippen LogP contribution in [-0.2, 0) is 11.3 Å². The second-order valence-electron chi connectivity index (χ2n) is 2.34. The summed E-state index contributed by atoms with van der Waals surface area (Å²) in [6.45, 7) is -0.175. The maximum absolute atomic E-state index is 10.2. The number of carboxylic acid groups (broad SMARTS) is 1. The third-order valence-electron chi connectivity index (χ3n) is 1.52. The Kier molecular flexibility index (Phi) is 3.53. The summed E-state index contributed by atoms with van der Waals surface area (Å²) >= 11 is 5.73. The van der Waals surface area contributed by atoms with Crippen molar-refractivity contribution in [2.45, 2.75) is 6.61 Å². The SMILES string of the molecule is COc1ccnc(Cl)c1COC(=O)O. The molecule has 0 aliphatic carbocycles. The predicted molar refractivity (Wildman–Crippen MR) is 48.6 cm³/mol. The van der Waals surface area contributed by atoms with Gasteiger partial charge >= 0.3 is 6.16 Å². The van der Waals surface area contributed by atoms with Gasteiger partial charge in [0.05, 0.1) is 12.7 Å². The molecule has 0 unspecified atom stereocenters. The Hall–Kier alpha value is -1.49. The van der Waals surface area contributed by atoms with Gasteiger partial charge in [0.15, 0.2) is 0 Å². The first kappa shape index (κ1) is 10.6. The van der Waals surface area contributed by atoms with Gasteiger partial charge in [-0.3, -0.25) is 0 Å². The monoisotopic (exact) mass is 217 g/mol. The molecule has 0 fully saturated rings. The number of nitrogens with zero attached hydrogens (tertiary/aromatic N) is 1. The van der Waals surface area contributed by atoms with Crippen molar-refractivity contribution in [2.24, 2.45) is 0 Å². The van der Waals surface area contributed by atoms with Crippen LogP contribution in [0.4, 0.5) is 4.79 Å². The van der Waals surface area contributed by atoms with E-state index in [1.54, 1.807) is 6.07 Å². The average molecular weight is 218 g/mol. The lowest BCUT2D eigenvalue weighted by Crippen LogP contribution is -2.03. The third-order valence-corrected chi connectivity index (χ3v) is 1.85. The lowest BCUT2D eigenvalue weighted by molar-refractivity contribution is 0.0847. The van der Waals surface area contributed by atoms with E-state index in [1.165, 1.54) is 13.3 Å². The lowest BCUT2D eigenvalue weighted by atomic mass is 10.3. The van der Waals surface area contributed by atoms with Gasteiger partial charge in [-0.05, 0) is 6.07 Å². The van der Waals surface area contributed by atoms with E-state index in [0.29, 0.717) is 11.3 Å². The Labute approximate surface area is 85.2 Å². The second kappa shape index (κ2) is 4.66. The third kappa shape index (κ3) is 2.50. The van der Waals surface area contributed by atoms with Crippen molar-refractivity contribution in [3.8, 4) is 5.75 Å². The summed E-state index contributed by atoms with van der Waals surface area (Å²) in [7, 11) is 1.45. The average Bonchev–Trinajstić information content (AvgIpc) is 2.15. The van der Waals surface area contributed by atoms with Crippen LogP contribution >= 0.6 is 11.6 Å².